The quantitative estimate of drug-likeness (QED) is 0.278. The highest BCUT2D eigenvalue weighted by molar-refractivity contribution is 7.07. The summed E-state index contributed by atoms with van der Waals surface area (Å²) in [6.07, 6.45) is 3.98. The first-order valence-corrected chi connectivity index (χ1v) is 14.5. The number of ether oxygens (including phenoxy) is 2. The highest BCUT2D eigenvalue weighted by atomic mass is 32.1. The maximum absolute atomic E-state index is 13.8. The first kappa shape index (κ1) is 29.0. The molecule has 0 radical (unpaired) electrons. The Balaban J connectivity index is 1.71. The van der Waals surface area contributed by atoms with Crippen LogP contribution in [0.25, 0.3) is 17.3 Å². The van der Waals surface area contributed by atoms with Crippen LogP contribution in [-0.4, -0.2) is 52.0 Å². The molecule has 9 nitrogen and oxygen atoms in total. The van der Waals surface area contributed by atoms with Gasteiger partial charge in [0.1, 0.15) is 22.3 Å². The number of aromatic nitrogens is 3. The van der Waals surface area contributed by atoms with Crippen LogP contribution in [0.4, 0.5) is 4.39 Å². The fourth-order valence-electron chi connectivity index (χ4n) is 4.81. The molecular formula is C31H30FN5O4S. The van der Waals surface area contributed by atoms with Gasteiger partial charge in [-0.1, -0.05) is 18.2 Å². The molecule has 0 N–H and O–H groups in total. The average Bonchev–Trinajstić information content (AvgIpc) is 3.72. The van der Waals surface area contributed by atoms with E-state index in [1.54, 1.807) is 29.7 Å². The minimum Gasteiger partial charge on any atom is -0.438 e. The molecular weight excluding hydrogens is 557 g/mol. The van der Waals surface area contributed by atoms with Gasteiger partial charge in [-0.05, 0) is 68.7 Å². The third kappa shape index (κ3) is 6.05. The van der Waals surface area contributed by atoms with Crippen LogP contribution in [0.5, 0.6) is 11.6 Å². The Morgan fingerprint density at radius 3 is 2.52 bits per heavy atom. The highest BCUT2D eigenvalue weighted by Gasteiger charge is 2.25. The van der Waals surface area contributed by atoms with Crippen LogP contribution in [-0.2, 0) is 16.1 Å². The highest BCUT2D eigenvalue weighted by Crippen LogP contribution is 2.31. The molecule has 1 fully saturated rings. The van der Waals surface area contributed by atoms with Crippen molar-refractivity contribution in [1.29, 1.82) is 5.26 Å². The molecule has 0 spiro atoms. The summed E-state index contributed by atoms with van der Waals surface area (Å²) in [5.74, 6) is -0.0294. The Hall–Kier alpha value is -4.53. The van der Waals surface area contributed by atoms with E-state index in [2.05, 4.69) is 11.2 Å². The number of benzene rings is 2. The van der Waals surface area contributed by atoms with Crippen LogP contribution in [0.1, 0.15) is 30.5 Å². The summed E-state index contributed by atoms with van der Waals surface area (Å²) in [6.45, 7) is 3.68. The van der Waals surface area contributed by atoms with Gasteiger partial charge in [0.25, 0.3) is 11.5 Å². The van der Waals surface area contributed by atoms with E-state index in [0.29, 0.717) is 58.2 Å². The van der Waals surface area contributed by atoms with Crippen LogP contribution in [0.3, 0.4) is 0 Å². The summed E-state index contributed by atoms with van der Waals surface area (Å²) >= 11 is 1.09. The van der Waals surface area contributed by atoms with Gasteiger partial charge in [0.15, 0.2) is 5.57 Å². The summed E-state index contributed by atoms with van der Waals surface area (Å²) in [6, 6.07) is 17.1. The third-order valence-electron chi connectivity index (χ3n) is 6.94. The van der Waals surface area contributed by atoms with Crippen molar-refractivity contribution in [3.8, 4) is 23.4 Å². The second-order valence-electron chi connectivity index (χ2n) is 9.81. The molecule has 0 unspecified atom stereocenters. The van der Waals surface area contributed by atoms with Crippen molar-refractivity contribution < 1.29 is 18.7 Å². The predicted octanol–water partition coefficient (Wildman–Crippen LogP) is 3.50. The number of nitrogens with zero attached hydrogens (tertiary/aromatic N) is 5. The Kier molecular flexibility index (Phi) is 8.95. The molecule has 5 rings (SSSR count). The van der Waals surface area contributed by atoms with Gasteiger partial charge in [0.2, 0.25) is 5.88 Å². The van der Waals surface area contributed by atoms with Crippen LogP contribution in [0.2, 0.25) is 0 Å². The van der Waals surface area contributed by atoms with Crippen LogP contribution in [0.15, 0.2) is 59.4 Å². The van der Waals surface area contributed by atoms with Gasteiger partial charge in [0.05, 0.1) is 21.5 Å². The Bertz CT molecular complexity index is 1800. The number of halogens is 1. The lowest BCUT2D eigenvalue weighted by molar-refractivity contribution is -0.123. The zero-order valence-electron chi connectivity index (χ0n) is 23.4. The van der Waals surface area contributed by atoms with Crippen molar-refractivity contribution in [3.63, 3.8) is 0 Å². The normalized spacial score (nSPS) is 14.2. The maximum Gasteiger partial charge on any atom is 0.269 e. The van der Waals surface area contributed by atoms with Crippen molar-refractivity contribution >= 4 is 28.9 Å². The number of carbonyl (C=O) groups excluding carboxylic acids is 1. The summed E-state index contributed by atoms with van der Waals surface area (Å²) in [4.78, 5) is 28.7. The standard InChI is InChI=1S/C31H30FN5O4S/c1-21-25(30(41-24-13-11-22(32)12-14-24)37(34-21)23-9-4-3-5-10-23)19-27-29(39)36(17-8-18-40-2)31(42-27)26(20-33)28(38)35-15-6-7-16-35/h3-5,9-14,19H,6-8,15-18H2,1-2H3/b27-19-,31-26-. The Labute approximate surface area is 246 Å². The van der Waals surface area contributed by atoms with Crippen LogP contribution >= 0.6 is 11.3 Å². The number of hydrogen-bond donors (Lipinski definition) is 0. The van der Waals surface area contributed by atoms with Gasteiger partial charge < -0.3 is 14.4 Å². The molecule has 11 heteroatoms. The molecule has 3 heterocycles. The maximum atomic E-state index is 13.8. The lowest BCUT2D eigenvalue weighted by atomic mass is 10.2. The number of aryl methyl sites for hydroxylation is 1. The fourth-order valence-corrected chi connectivity index (χ4v) is 5.91. The number of carbonyl (C=O) groups is 1. The number of thiazole rings is 1. The first-order chi connectivity index (χ1) is 20.4. The van der Waals surface area contributed by atoms with Crippen molar-refractivity contribution in [2.45, 2.75) is 32.7 Å². The topological polar surface area (TPSA) is 102 Å². The molecule has 4 aromatic rings. The second kappa shape index (κ2) is 13.0. The summed E-state index contributed by atoms with van der Waals surface area (Å²) < 4.78 is 28.8. The van der Waals surface area contributed by atoms with E-state index < -0.39 is 5.82 Å². The summed E-state index contributed by atoms with van der Waals surface area (Å²) in [5.41, 5.74) is 1.50. The van der Waals surface area contributed by atoms with E-state index in [1.807, 2.05) is 30.3 Å². The van der Waals surface area contributed by atoms with Gasteiger partial charge >= 0.3 is 0 Å². The predicted molar refractivity (Wildman–Crippen MR) is 157 cm³/mol. The Morgan fingerprint density at radius 1 is 1.14 bits per heavy atom. The molecule has 1 saturated heterocycles. The van der Waals surface area contributed by atoms with Crippen molar-refractivity contribution in [2.24, 2.45) is 0 Å². The van der Waals surface area contributed by atoms with E-state index in [1.165, 1.54) is 28.8 Å². The zero-order valence-corrected chi connectivity index (χ0v) is 24.2. The van der Waals surface area contributed by atoms with Crippen molar-refractivity contribution in [3.05, 3.63) is 91.2 Å². The summed E-state index contributed by atoms with van der Waals surface area (Å²) in [7, 11) is 1.58. The monoisotopic (exact) mass is 587 g/mol. The third-order valence-corrected chi connectivity index (χ3v) is 8.07. The average molecular weight is 588 g/mol. The van der Waals surface area contributed by atoms with Crippen molar-refractivity contribution in [2.75, 3.05) is 26.8 Å². The summed E-state index contributed by atoms with van der Waals surface area (Å²) in [5, 5.41) is 14.7. The van der Waals surface area contributed by atoms with E-state index in [9.17, 15) is 19.2 Å². The number of nitriles is 1. The lowest BCUT2D eigenvalue weighted by Crippen LogP contribution is -2.36. The Morgan fingerprint density at radius 2 is 1.86 bits per heavy atom. The van der Waals surface area contributed by atoms with E-state index in [0.717, 1.165) is 29.9 Å². The van der Waals surface area contributed by atoms with Gasteiger partial charge in [0, 0.05) is 33.4 Å². The van der Waals surface area contributed by atoms with Crippen LogP contribution < -0.4 is 19.5 Å². The fraction of sp³-hybridized carbons (Fsp3) is 0.290. The van der Waals surface area contributed by atoms with E-state index in [4.69, 9.17) is 9.47 Å². The molecule has 42 heavy (non-hydrogen) atoms. The molecule has 0 bridgehead atoms. The van der Waals surface area contributed by atoms with E-state index >= 15 is 0 Å². The van der Waals surface area contributed by atoms with E-state index in [-0.39, 0.29) is 23.6 Å². The minimum atomic E-state index is -0.393. The largest absolute Gasteiger partial charge is 0.438 e. The number of hydrogen-bond acceptors (Lipinski definition) is 7. The number of methoxy groups -OCH3 is 1. The van der Waals surface area contributed by atoms with Crippen LogP contribution in [0, 0.1) is 24.1 Å². The molecule has 2 aromatic carbocycles. The van der Waals surface area contributed by atoms with Crippen molar-refractivity contribution in [1.82, 2.24) is 19.2 Å². The minimum absolute atomic E-state index is 0.0458. The molecule has 0 saturated carbocycles. The van der Waals surface area contributed by atoms with Gasteiger partial charge in [-0.25, -0.2) is 4.39 Å². The molecule has 1 aliphatic heterocycles. The molecule has 2 aromatic heterocycles. The van der Waals surface area contributed by atoms with Gasteiger partial charge in [-0.15, -0.1) is 11.3 Å². The number of amides is 1. The molecule has 0 atom stereocenters. The molecule has 1 aliphatic rings. The smallest absolute Gasteiger partial charge is 0.269 e. The second-order valence-corrected chi connectivity index (χ2v) is 10.8. The molecule has 1 amide bonds. The number of likely N-dealkylation sites (tertiary alicyclic amines) is 1. The van der Waals surface area contributed by atoms with Gasteiger partial charge in [-0.2, -0.15) is 15.0 Å². The van der Waals surface area contributed by atoms with Gasteiger partial charge in [-0.3, -0.25) is 14.2 Å². The SMILES string of the molecule is COCCCn1c(=O)/c(=C/c2c(C)nn(-c3ccccc3)c2Oc2ccc(F)cc2)s/c1=C(/C#N)C(=O)N1CCCC1. The lowest BCUT2D eigenvalue weighted by Gasteiger charge is -2.14. The first-order valence-electron chi connectivity index (χ1n) is 13.6. The molecule has 216 valence electrons. The zero-order chi connectivity index (χ0) is 29.6. The number of para-hydroxylation sites is 1. The molecule has 0 aliphatic carbocycles. The number of rotatable bonds is 9.